The van der Waals surface area contributed by atoms with Crippen molar-refractivity contribution in [3.63, 3.8) is 0 Å². The van der Waals surface area contributed by atoms with Crippen LogP contribution in [0.25, 0.3) is 0 Å². The summed E-state index contributed by atoms with van der Waals surface area (Å²) in [5, 5.41) is 13.3. The predicted octanol–water partition coefficient (Wildman–Crippen LogP) is 2.15. The van der Waals surface area contributed by atoms with E-state index < -0.39 is 6.10 Å². The number of nitrogens with one attached hydrogen (secondary N) is 1. The number of rotatable bonds is 4. The number of aliphatic hydroxyl groups is 1. The lowest BCUT2D eigenvalue weighted by Gasteiger charge is -2.28. The van der Waals surface area contributed by atoms with Crippen molar-refractivity contribution in [2.45, 2.75) is 44.8 Å². The molecule has 1 unspecified atom stereocenters. The summed E-state index contributed by atoms with van der Waals surface area (Å²) in [5.74, 6) is 0.512. The first-order chi connectivity index (χ1) is 8.65. The summed E-state index contributed by atoms with van der Waals surface area (Å²) >= 11 is 5.70. The summed E-state index contributed by atoms with van der Waals surface area (Å²) in [7, 11) is 0. The van der Waals surface area contributed by atoms with Crippen LogP contribution in [-0.4, -0.2) is 29.0 Å². The molecule has 3 atom stereocenters. The Labute approximate surface area is 113 Å². The van der Waals surface area contributed by atoms with Crippen LogP contribution >= 0.6 is 11.6 Å². The van der Waals surface area contributed by atoms with Gasteiger partial charge in [0.1, 0.15) is 0 Å². The van der Waals surface area contributed by atoms with Gasteiger partial charge >= 0.3 is 0 Å². The van der Waals surface area contributed by atoms with Crippen LogP contribution in [0.5, 0.6) is 0 Å². The minimum absolute atomic E-state index is 0.0722. The average Bonchev–Trinajstić information content (AvgIpc) is 2.67. The van der Waals surface area contributed by atoms with Gasteiger partial charge in [0, 0.05) is 17.4 Å². The molecular formula is C14H20ClNO2. The highest BCUT2D eigenvalue weighted by Gasteiger charge is 2.36. The summed E-state index contributed by atoms with van der Waals surface area (Å²) in [5.41, 5.74) is 1.70. The van der Waals surface area contributed by atoms with Gasteiger partial charge in [0.15, 0.2) is 0 Å². The minimum Gasteiger partial charge on any atom is -0.390 e. The Hall–Kier alpha value is -0.800. The van der Waals surface area contributed by atoms with E-state index in [4.69, 9.17) is 11.6 Å². The highest BCUT2D eigenvalue weighted by Crippen LogP contribution is 2.29. The summed E-state index contributed by atoms with van der Waals surface area (Å²) in [6, 6.07) is -0.247. The van der Waals surface area contributed by atoms with Gasteiger partial charge in [-0.3, -0.25) is 4.79 Å². The van der Waals surface area contributed by atoms with E-state index in [1.807, 2.05) is 6.92 Å². The summed E-state index contributed by atoms with van der Waals surface area (Å²) < 4.78 is 0. The number of aliphatic hydroxyl groups excluding tert-OH is 1. The van der Waals surface area contributed by atoms with E-state index in [1.54, 1.807) is 0 Å². The van der Waals surface area contributed by atoms with Gasteiger partial charge in [-0.25, -0.2) is 0 Å². The standard InChI is InChI=1S/C14H20ClNO2/c1-9-11(7-8-15)14(18)16-12(9)13(17)10-5-3-2-4-6-10/h3,5,10,12-13,17H,2,4,6-8H2,1H3,(H,16,18)/t10-,12?,13+/m1/s1. The van der Waals surface area contributed by atoms with Gasteiger partial charge in [-0.1, -0.05) is 12.2 Å². The molecule has 0 bridgehead atoms. The van der Waals surface area contributed by atoms with E-state index in [-0.39, 0.29) is 17.9 Å². The maximum atomic E-state index is 11.8. The van der Waals surface area contributed by atoms with Crippen LogP contribution in [-0.2, 0) is 4.79 Å². The normalized spacial score (nSPS) is 29.6. The molecular weight excluding hydrogens is 250 g/mol. The predicted molar refractivity (Wildman–Crippen MR) is 72.5 cm³/mol. The first-order valence-corrected chi connectivity index (χ1v) is 7.09. The fourth-order valence-corrected chi connectivity index (χ4v) is 3.01. The van der Waals surface area contributed by atoms with Crippen LogP contribution in [0.15, 0.2) is 23.3 Å². The van der Waals surface area contributed by atoms with Crippen molar-refractivity contribution in [3.8, 4) is 0 Å². The van der Waals surface area contributed by atoms with Crippen molar-refractivity contribution in [1.82, 2.24) is 5.32 Å². The van der Waals surface area contributed by atoms with Gasteiger partial charge in [0.25, 0.3) is 0 Å². The van der Waals surface area contributed by atoms with Gasteiger partial charge in [-0.15, -0.1) is 11.6 Å². The number of alkyl halides is 1. The molecule has 0 aromatic carbocycles. The highest BCUT2D eigenvalue weighted by atomic mass is 35.5. The van der Waals surface area contributed by atoms with E-state index in [0.29, 0.717) is 12.3 Å². The second-order valence-electron chi connectivity index (χ2n) is 5.07. The summed E-state index contributed by atoms with van der Waals surface area (Å²) in [4.78, 5) is 11.8. The molecule has 3 nitrogen and oxygen atoms in total. The molecule has 0 aromatic heterocycles. The van der Waals surface area contributed by atoms with Crippen molar-refractivity contribution < 1.29 is 9.90 Å². The molecule has 0 aromatic rings. The fraction of sp³-hybridized carbons (Fsp3) is 0.643. The summed E-state index contributed by atoms with van der Waals surface area (Å²) in [6.45, 7) is 1.92. The SMILES string of the molecule is CC1=C(CCCl)C(=O)NC1[C@@H](O)[C@@H]1C=CCCC1. The Balaban J connectivity index is 2.12. The van der Waals surface area contributed by atoms with Crippen molar-refractivity contribution in [3.05, 3.63) is 23.3 Å². The Morgan fingerprint density at radius 3 is 3.00 bits per heavy atom. The Morgan fingerprint density at radius 1 is 1.61 bits per heavy atom. The van der Waals surface area contributed by atoms with Crippen LogP contribution < -0.4 is 5.32 Å². The zero-order chi connectivity index (χ0) is 13.1. The summed E-state index contributed by atoms with van der Waals surface area (Å²) in [6.07, 6.45) is 7.42. The highest BCUT2D eigenvalue weighted by molar-refractivity contribution is 6.18. The zero-order valence-corrected chi connectivity index (χ0v) is 11.4. The number of hydrogen-bond acceptors (Lipinski definition) is 2. The zero-order valence-electron chi connectivity index (χ0n) is 10.7. The van der Waals surface area contributed by atoms with Gasteiger partial charge in [-0.2, -0.15) is 0 Å². The molecule has 2 N–H and O–H groups in total. The van der Waals surface area contributed by atoms with Gasteiger partial charge in [0.05, 0.1) is 12.1 Å². The minimum atomic E-state index is -0.529. The van der Waals surface area contributed by atoms with E-state index in [2.05, 4.69) is 17.5 Å². The van der Waals surface area contributed by atoms with Crippen molar-refractivity contribution >= 4 is 17.5 Å². The van der Waals surface area contributed by atoms with E-state index in [0.717, 1.165) is 30.4 Å². The number of hydrogen-bond donors (Lipinski definition) is 2. The molecule has 0 radical (unpaired) electrons. The second-order valence-corrected chi connectivity index (χ2v) is 5.44. The molecule has 2 aliphatic rings. The first kappa shape index (κ1) is 13.6. The maximum absolute atomic E-state index is 11.8. The lowest BCUT2D eigenvalue weighted by atomic mass is 9.85. The average molecular weight is 270 g/mol. The molecule has 100 valence electrons. The molecule has 0 spiro atoms. The first-order valence-electron chi connectivity index (χ1n) is 6.56. The number of halogens is 1. The van der Waals surface area contributed by atoms with Crippen molar-refractivity contribution in [1.29, 1.82) is 0 Å². The molecule has 1 amide bonds. The second kappa shape index (κ2) is 5.89. The van der Waals surface area contributed by atoms with Crippen LogP contribution in [0, 0.1) is 5.92 Å². The third kappa shape index (κ3) is 2.62. The number of carbonyl (C=O) groups excluding carboxylic acids is 1. The van der Waals surface area contributed by atoms with Crippen LogP contribution in [0.4, 0.5) is 0 Å². The van der Waals surface area contributed by atoms with Gasteiger partial charge in [-0.05, 0) is 38.2 Å². The smallest absolute Gasteiger partial charge is 0.247 e. The number of carbonyl (C=O) groups is 1. The van der Waals surface area contributed by atoms with Crippen molar-refractivity contribution in [2.24, 2.45) is 5.92 Å². The van der Waals surface area contributed by atoms with Crippen molar-refractivity contribution in [2.75, 3.05) is 5.88 Å². The molecule has 0 saturated carbocycles. The van der Waals surface area contributed by atoms with Crippen LogP contribution in [0.3, 0.4) is 0 Å². The molecule has 1 aliphatic heterocycles. The number of allylic oxidation sites excluding steroid dienone is 1. The van der Waals surface area contributed by atoms with Crippen LogP contribution in [0.2, 0.25) is 0 Å². The van der Waals surface area contributed by atoms with Crippen LogP contribution in [0.1, 0.15) is 32.6 Å². The lowest BCUT2D eigenvalue weighted by molar-refractivity contribution is -0.117. The quantitative estimate of drug-likeness (QED) is 0.607. The Morgan fingerprint density at radius 2 is 2.39 bits per heavy atom. The molecule has 18 heavy (non-hydrogen) atoms. The van der Waals surface area contributed by atoms with E-state index in [1.165, 1.54) is 0 Å². The molecule has 1 heterocycles. The molecule has 0 saturated heterocycles. The molecule has 0 fully saturated rings. The number of amides is 1. The van der Waals surface area contributed by atoms with E-state index >= 15 is 0 Å². The monoisotopic (exact) mass is 269 g/mol. The maximum Gasteiger partial charge on any atom is 0.247 e. The fourth-order valence-electron chi connectivity index (χ4n) is 2.82. The third-order valence-corrected chi connectivity index (χ3v) is 4.11. The van der Waals surface area contributed by atoms with Gasteiger partial charge in [0.2, 0.25) is 5.91 Å². The Bertz CT molecular complexity index is 389. The molecule has 4 heteroatoms. The molecule has 1 aliphatic carbocycles. The van der Waals surface area contributed by atoms with Gasteiger partial charge < -0.3 is 10.4 Å². The largest absolute Gasteiger partial charge is 0.390 e. The Kier molecular flexibility index (Phi) is 4.46. The van der Waals surface area contributed by atoms with E-state index in [9.17, 15) is 9.90 Å². The lowest BCUT2D eigenvalue weighted by Crippen LogP contribution is -2.43. The molecule has 2 rings (SSSR count). The topological polar surface area (TPSA) is 49.3 Å². The third-order valence-electron chi connectivity index (χ3n) is 3.92.